The summed E-state index contributed by atoms with van der Waals surface area (Å²) in [5, 5.41) is 4.30. The second-order valence-corrected chi connectivity index (χ2v) is 10.3. The number of carbonyl (C=O) groups excluding carboxylic acids is 2. The molecule has 1 N–H and O–H groups in total. The highest BCUT2D eigenvalue weighted by atomic mass is 35.5. The predicted octanol–water partition coefficient (Wildman–Crippen LogP) is 5.99. The Labute approximate surface area is 200 Å². The average Bonchev–Trinajstić information content (AvgIpc) is 3.55. The lowest BCUT2D eigenvalue weighted by molar-refractivity contribution is -0.146. The first-order valence-electron chi connectivity index (χ1n) is 11.4. The molecule has 3 atom stereocenters. The van der Waals surface area contributed by atoms with Crippen molar-refractivity contribution >= 4 is 35.0 Å². The summed E-state index contributed by atoms with van der Waals surface area (Å²) in [5.41, 5.74) is 2.17. The van der Waals surface area contributed by atoms with Crippen LogP contribution in [0, 0.1) is 11.8 Å². The van der Waals surface area contributed by atoms with Crippen molar-refractivity contribution < 1.29 is 9.59 Å². The molecule has 170 valence electrons. The highest BCUT2D eigenvalue weighted by molar-refractivity contribution is 6.30. The molecular formula is C26H30Cl2N2O2. The Hall–Kier alpha value is -2.04. The summed E-state index contributed by atoms with van der Waals surface area (Å²) in [6, 6.07) is 15.6. The van der Waals surface area contributed by atoms with Crippen LogP contribution in [-0.2, 0) is 9.59 Å². The molecule has 0 aromatic heterocycles. The van der Waals surface area contributed by atoms with Crippen molar-refractivity contribution in [2.24, 2.45) is 11.8 Å². The lowest BCUT2D eigenvalue weighted by Crippen LogP contribution is -2.49. The van der Waals surface area contributed by atoms with E-state index >= 15 is 0 Å². The zero-order valence-electron chi connectivity index (χ0n) is 18.6. The molecular weight excluding hydrogens is 443 g/mol. The summed E-state index contributed by atoms with van der Waals surface area (Å²) in [6.45, 7) is 4.60. The first-order chi connectivity index (χ1) is 15.3. The van der Waals surface area contributed by atoms with Crippen LogP contribution in [0.25, 0.3) is 0 Å². The van der Waals surface area contributed by atoms with Gasteiger partial charge in [0.2, 0.25) is 11.8 Å². The van der Waals surface area contributed by atoms with Crippen LogP contribution in [0.5, 0.6) is 0 Å². The van der Waals surface area contributed by atoms with Crippen LogP contribution < -0.4 is 5.32 Å². The Morgan fingerprint density at radius 1 is 1.06 bits per heavy atom. The minimum Gasteiger partial charge on any atom is -0.354 e. The number of carbonyl (C=O) groups is 2. The molecule has 1 aliphatic carbocycles. The van der Waals surface area contributed by atoms with Crippen molar-refractivity contribution in [3.63, 3.8) is 0 Å². The van der Waals surface area contributed by atoms with E-state index in [-0.39, 0.29) is 42.2 Å². The van der Waals surface area contributed by atoms with Crippen molar-refractivity contribution in [2.45, 2.75) is 57.5 Å². The molecule has 2 aromatic rings. The Morgan fingerprint density at radius 2 is 1.78 bits per heavy atom. The molecule has 2 fully saturated rings. The molecule has 4 rings (SSSR count). The molecule has 2 aromatic carbocycles. The molecule has 4 nitrogen and oxygen atoms in total. The van der Waals surface area contributed by atoms with Crippen LogP contribution in [0.3, 0.4) is 0 Å². The fourth-order valence-corrected chi connectivity index (χ4v) is 5.14. The number of hydrogen-bond acceptors (Lipinski definition) is 2. The largest absolute Gasteiger partial charge is 0.354 e. The van der Waals surface area contributed by atoms with Crippen molar-refractivity contribution in [3.8, 4) is 0 Å². The molecule has 0 unspecified atom stereocenters. The van der Waals surface area contributed by atoms with Gasteiger partial charge in [-0.2, -0.15) is 0 Å². The Kier molecular flexibility index (Phi) is 7.11. The second kappa shape index (κ2) is 9.84. The van der Waals surface area contributed by atoms with E-state index < -0.39 is 0 Å². The third-order valence-corrected chi connectivity index (χ3v) is 6.90. The highest BCUT2D eigenvalue weighted by Crippen LogP contribution is 2.48. The molecule has 1 aliphatic heterocycles. The molecule has 2 amide bonds. The van der Waals surface area contributed by atoms with Gasteiger partial charge < -0.3 is 10.2 Å². The first kappa shape index (κ1) is 23.1. The van der Waals surface area contributed by atoms with E-state index in [1.165, 1.54) is 0 Å². The summed E-state index contributed by atoms with van der Waals surface area (Å²) in [6.07, 6.45) is 3.12. The number of hydrogen-bond donors (Lipinski definition) is 1. The summed E-state index contributed by atoms with van der Waals surface area (Å²) in [7, 11) is 0. The van der Waals surface area contributed by atoms with Crippen molar-refractivity contribution in [1.29, 1.82) is 0 Å². The summed E-state index contributed by atoms with van der Waals surface area (Å²) in [4.78, 5) is 28.3. The first-order valence-corrected chi connectivity index (χ1v) is 12.2. The minimum absolute atomic E-state index is 0.0446. The monoisotopic (exact) mass is 472 g/mol. The van der Waals surface area contributed by atoms with E-state index in [4.69, 9.17) is 23.2 Å². The van der Waals surface area contributed by atoms with Gasteiger partial charge in [0.05, 0.1) is 6.04 Å². The van der Waals surface area contributed by atoms with Gasteiger partial charge >= 0.3 is 0 Å². The molecule has 2 aliphatic rings. The third kappa shape index (κ3) is 5.47. The minimum atomic E-state index is -0.347. The normalized spacial score (nSPS) is 23.5. The molecule has 0 bridgehead atoms. The molecule has 1 saturated carbocycles. The average molecular weight is 473 g/mol. The quantitative estimate of drug-likeness (QED) is 0.537. The lowest BCUT2D eigenvalue weighted by Gasteiger charge is -2.45. The topological polar surface area (TPSA) is 49.4 Å². The number of amides is 2. The van der Waals surface area contributed by atoms with Crippen molar-refractivity contribution in [3.05, 3.63) is 69.7 Å². The Bertz CT molecular complexity index is 972. The zero-order chi connectivity index (χ0) is 22.8. The number of halogens is 2. The molecule has 32 heavy (non-hydrogen) atoms. The summed E-state index contributed by atoms with van der Waals surface area (Å²) >= 11 is 12.5. The highest BCUT2D eigenvalue weighted by Gasteiger charge is 2.45. The predicted molar refractivity (Wildman–Crippen MR) is 129 cm³/mol. The van der Waals surface area contributed by atoms with E-state index in [0.717, 1.165) is 30.5 Å². The van der Waals surface area contributed by atoms with Gasteiger partial charge in [0, 0.05) is 40.9 Å². The number of benzene rings is 2. The Morgan fingerprint density at radius 3 is 2.41 bits per heavy atom. The molecule has 6 heteroatoms. The summed E-state index contributed by atoms with van der Waals surface area (Å²) in [5.74, 6) is 0.244. The fraction of sp³-hybridized carbons (Fsp3) is 0.462. The smallest absolute Gasteiger partial charge is 0.226 e. The zero-order valence-corrected chi connectivity index (χ0v) is 20.1. The van der Waals surface area contributed by atoms with Crippen LogP contribution in [0.2, 0.25) is 10.0 Å². The lowest BCUT2D eigenvalue weighted by atomic mass is 9.74. The number of piperidine rings is 1. The van der Waals surface area contributed by atoms with E-state index in [9.17, 15) is 9.59 Å². The molecule has 1 heterocycles. The number of likely N-dealkylation sites (tertiary alicyclic amines) is 1. The SMILES string of the molecule is CC(C)NC(=O)C[C@H]1C[C@H](c2cccc(Cl)c2)[C@@H](c2ccc(Cl)cc2)N(CC2CC2)C1=O. The summed E-state index contributed by atoms with van der Waals surface area (Å²) < 4.78 is 0. The van der Waals surface area contributed by atoms with Gasteiger partial charge in [-0.15, -0.1) is 0 Å². The number of rotatable bonds is 7. The van der Waals surface area contributed by atoms with Crippen molar-refractivity contribution in [1.82, 2.24) is 10.2 Å². The van der Waals surface area contributed by atoms with Gasteiger partial charge in [-0.25, -0.2) is 0 Å². The van der Waals surface area contributed by atoms with E-state index in [1.54, 1.807) is 0 Å². The van der Waals surface area contributed by atoms with Gasteiger partial charge in [-0.3, -0.25) is 9.59 Å². The van der Waals surface area contributed by atoms with Gasteiger partial charge in [-0.1, -0.05) is 47.5 Å². The van der Waals surface area contributed by atoms with Gasteiger partial charge in [0.25, 0.3) is 0 Å². The number of nitrogens with one attached hydrogen (secondary N) is 1. The van der Waals surface area contributed by atoms with Gasteiger partial charge in [0.15, 0.2) is 0 Å². The maximum Gasteiger partial charge on any atom is 0.226 e. The van der Waals surface area contributed by atoms with Crippen LogP contribution >= 0.6 is 23.2 Å². The molecule has 0 radical (unpaired) electrons. The molecule has 0 spiro atoms. The van der Waals surface area contributed by atoms with Crippen LogP contribution in [-0.4, -0.2) is 29.3 Å². The number of nitrogens with zero attached hydrogens (tertiary/aromatic N) is 1. The maximum absolute atomic E-state index is 13.7. The standard InChI is InChI=1S/C26H30Cl2N2O2/c1-16(2)29-24(31)14-20-13-23(19-4-3-5-22(28)12-19)25(18-8-10-21(27)11-9-18)30(26(20)32)15-17-6-7-17/h3-5,8-12,16-17,20,23,25H,6-7,13-15H2,1-2H3,(H,29,31)/t20-,23-,25-/m1/s1. The van der Waals surface area contributed by atoms with E-state index in [0.29, 0.717) is 22.4 Å². The van der Waals surface area contributed by atoms with Crippen LogP contribution in [0.4, 0.5) is 0 Å². The van der Waals surface area contributed by atoms with E-state index in [2.05, 4.69) is 11.4 Å². The van der Waals surface area contributed by atoms with E-state index in [1.807, 2.05) is 61.2 Å². The second-order valence-electron chi connectivity index (χ2n) is 9.45. The third-order valence-electron chi connectivity index (χ3n) is 6.41. The van der Waals surface area contributed by atoms with Crippen molar-refractivity contribution in [2.75, 3.05) is 6.54 Å². The fourth-order valence-electron chi connectivity index (χ4n) is 4.81. The molecule has 1 saturated heterocycles. The van der Waals surface area contributed by atoms with Crippen LogP contribution in [0.1, 0.15) is 62.6 Å². The maximum atomic E-state index is 13.7. The van der Waals surface area contributed by atoms with Crippen LogP contribution in [0.15, 0.2) is 48.5 Å². The van der Waals surface area contributed by atoms with Gasteiger partial charge in [-0.05, 0) is 74.4 Å². The van der Waals surface area contributed by atoms with Gasteiger partial charge in [0.1, 0.15) is 0 Å². The Balaban J connectivity index is 1.73.